The SMILES string of the molecule is C=C(C)[C@@H]1C[C@H]1NC(=O)[C@@H]1C[C@@H](Oc2ncc(OC)c3ccc(Cl)cc23)CN1C(=O)[C@@H](Nc1nc(-c2ccc3ccccc3c2)cs1)C(C)(C)C. The number of likely N-dealkylation sites (tertiary alicyclic amines) is 1. The lowest BCUT2D eigenvalue weighted by Crippen LogP contribution is -2.54. The van der Waals surface area contributed by atoms with Crippen molar-refractivity contribution in [2.24, 2.45) is 11.3 Å². The fourth-order valence-electron chi connectivity index (χ4n) is 6.89. The van der Waals surface area contributed by atoms with Crippen LogP contribution >= 0.6 is 22.9 Å². The van der Waals surface area contributed by atoms with Gasteiger partial charge in [0.2, 0.25) is 17.7 Å². The Kier molecular flexibility index (Phi) is 9.41. The predicted molar refractivity (Wildman–Crippen MR) is 205 cm³/mol. The van der Waals surface area contributed by atoms with E-state index in [1.807, 2.05) is 51.3 Å². The van der Waals surface area contributed by atoms with Crippen LogP contribution in [0, 0.1) is 11.3 Å². The third-order valence-electron chi connectivity index (χ3n) is 9.80. The molecular formula is C40H42ClN5O4S. The second-order valence-electron chi connectivity index (χ2n) is 14.7. The van der Waals surface area contributed by atoms with Gasteiger partial charge in [0, 0.05) is 45.1 Å². The van der Waals surface area contributed by atoms with E-state index in [4.69, 9.17) is 26.1 Å². The van der Waals surface area contributed by atoms with Crippen LogP contribution in [-0.2, 0) is 9.59 Å². The van der Waals surface area contributed by atoms with Crippen molar-refractivity contribution in [2.75, 3.05) is 19.0 Å². The number of rotatable bonds is 10. The number of nitrogens with zero attached hydrogens (tertiary/aromatic N) is 3. The predicted octanol–water partition coefficient (Wildman–Crippen LogP) is 8.13. The summed E-state index contributed by atoms with van der Waals surface area (Å²) in [6.45, 7) is 12.3. The van der Waals surface area contributed by atoms with Crippen LogP contribution in [0.3, 0.4) is 0 Å². The number of anilines is 1. The minimum absolute atomic E-state index is 0.0154. The second-order valence-corrected chi connectivity index (χ2v) is 15.9. The van der Waals surface area contributed by atoms with E-state index < -0.39 is 23.6 Å². The van der Waals surface area contributed by atoms with Crippen LogP contribution in [-0.4, -0.2) is 64.6 Å². The minimum atomic E-state index is -0.738. The number of ether oxygens (including phenoxy) is 2. The topological polar surface area (TPSA) is 106 Å². The number of amides is 2. The Labute approximate surface area is 307 Å². The smallest absolute Gasteiger partial charge is 0.246 e. The first-order valence-electron chi connectivity index (χ1n) is 17.2. The molecule has 264 valence electrons. The molecule has 51 heavy (non-hydrogen) atoms. The van der Waals surface area contributed by atoms with E-state index in [1.54, 1.807) is 30.3 Å². The van der Waals surface area contributed by atoms with Gasteiger partial charge in [-0.2, -0.15) is 0 Å². The van der Waals surface area contributed by atoms with Crippen LogP contribution in [0.5, 0.6) is 11.6 Å². The molecular weight excluding hydrogens is 682 g/mol. The number of halogens is 1. The molecule has 5 aromatic rings. The molecule has 1 aliphatic carbocycles. The number of benzene rings is 3. The Hall–Kier alpha value is -4.67. The van der Waals surface area contributed by atoms with E-state index in [2.05, 4.69) is 52.5 Å². The number of pyridine rings is 1. The molecule has 0 bridgehead atoms. The number of fused-ring (bicyclic) bond motifs is 2. The van der Waals surface area contributed by atoms with Crippen LogP contribution < -0.4 is 20.1 Å². The fraction of sp³-hybridized carbons (Fsp3) is 0.350. The van der Waals surface area contributed by atoms with Gasteiger partial charge in [0.15, 0.2) is 5.13 Å². The summed E-state index contributed by atoms with van der Waals surface area (Å²) in [5.41, 5.74) is 2.36. The maximum absolute atomic E-state index is 14.7. The Balaban J connectivity index is 1.15. The summed E-state index contributed by atoms with van der Waals surface area (Å²) in [5, 5.41) is 13.6. The number of carbonyl (C=O) groups excluding carboxylic acids is 2. The molecule has 11 heteroatoms. The molecule has 2 fully saturated rings. The van der Waals surface area contributed by atoms with Gasteiger partial charge in [0.25, 0.3) is 0 Å². The number of hydrogen-bond donors (Lipinski definition) is 2. The van der Waals surface area contributed by atoms with Gasteiger partial charge >= 0.3 is 0 Å². The molecule has 9 nitrogen and oxygen atoms in total. The highest BCUT2D eigenvalue weighted by atomic mass is 35.5. The largest absolute Gasteiger partial charge is 0.494 e. The third-order valence-corrected chi connectivity index (χ3v) is 10.8. The Morgan fingerprint density at radius 2 is 1.84 bits per heavy atom. The maximum atomic E-state index is 14.7. The molecule has 2 aromatic heterocycles. The average molecular weight is 724 g/mol. The van der Waals surface area contributed by atoms with Gasteiger partial charge in [-0.25, -0.2) is 9.97 Å². The van der Waals surface area contributed by atoms with Gasteiger partial charge in [-0.05, 0) is 53.8 Å². The Morgan fingerprint density at radius 1 is 1.06 bits per heavy atom. The normalized spacial score (nSPS) is 20.6. The standard InChI is InChI=1S/C40H42ClN5O4S/c1-22(2)29-18-31(29)43-36(47)33-17-27(50-37-30-16-26(41)13-14-28(30)34(49-6)19-42-37)20-46(33)38(48)35(40(3,4)5)45-39-44-32(21-51-39)25-12-11-23-9-7-8-10-24(23)15-25/h7-16,19,21,27,29,31,33,35H,1,17-18,20H2,2-6H3,(H,43,47)(H,44,45)/t27-,29+,31-,33+,35-/m1/s1. The number of aromatic nitrogens is 2. The summed E-state index contributed by atoms with van der Waals surface area (Å²) in [6.07, 6.45) is 2.26. The molecule has 2 aliphatic rings. The van der Waals surface area contributed by atoms with Crippen molar-refractivity contribution in [1.82, 2.24) is 20.2 Å². The molecule has 1 saturated carbocycles. The number of thiazole rings is 1. The van der Waals surface area contributed by atoms with Gasteiger partial charge < -0.3 is 25.0 Å². The van der Waals surface area contributed by atoms with Gasteiger partial charge in [-0.15, -0.1) is 11.3 Å². The van der Waals surface area contributed by atoms with Gasteiger partial charge in [0.05, 0.1) is 25.5 Å². The van der Waals surface area contributed by atoms with Gasteiger partial charge in [0.1, 0.15) is 23.9 Å². The van der Waals surface area contributed by atoms with Crippen LogP contribution in [0.4, 0.5) is 5.13 Å². The molecule has 0 spiro atoms. The maximum Gasteiger partial charge on any atom is 0.246 e. The van der Waals surface area contributed by atoms with Crippen molar-refractivity contribution in [3.8, 4) is 22.9 Å². The summed E-state index contributed by atoms with van der Waals surface area (Å²) in [7, 11) is 1.59. The highest BCUT2D eigenvalue weighted by Crippen LogP contribution is 2.38. The van der Waals surface area contributed by atoms with Crippen LogP contribution in [0.15, 0.2) is 84.4 Å². The van der Waals surface area contributed by atoms with E-state index in [0.717, 1.165) is 39.4 Å². The first-order valence-corrected chi connectivity index (χ1v) is 18.4. The first-order chi connectivity index (χ1) is 24.4. The van der Waals surface area contributed by atoms with E-state index in [9.17, 15) is 9.59 Å². The van der Waals surface area contributed by atoms with Crippen molar-refractivity contribution in [1.29, 1.82) is 0 Å². The van der Waals surface area contributed by atoms with E-state index in [0.29, 0.717) is 33.6 Å². The molecule has 3 aromatic carbocycles. The molecule has 1 aliphatic heterocycles. The third kappa shape index (κ3) is 7.25. The van der Waals surface area contributed by atoms with Crippen LogP contribution in [0.1, 0.15) is 40.5 Å². The summed E-state index contributed by atoms with van der Waals surface area (Å²) in [6, 6.07) is 18.5. The molecule has 0 radical (unpaired) electrons. The number of nitrogens with one attached hydrogen (secondary N) is 2. The van der Waals surface area contributed by atoms with Crippen molar-refractivity contribution in [3.63, 3.8) is 0 Å². The molecule has 2 amide bonds. The Morgan fingerprint density at radius 3 is 2.57 bits per heavy atom. The van der Waals surface area contributed by atoms with Gasteiger partial charge in [-0.3, -0.25) is 9.59 Å². The van der Waals surface area contributed by atoms with Crippen LogP contribution in [0.25, 0.3) is 32.8 Å². The van der Waals surface area contributed by atoms with Crippen molar-refractivity contribution in [3.05, 3.63) is 89.4 Å². The minimum Gasteiger partial charge on any atom is -0.494 e. The highest BCUT2D eigenvalue weighted by Gasteiger charge is 2.48. The van der Waals surface area contributed by atoms with Crippen molar-refractivity contribution < 1.29 is 19.1 Å². The second kappa shape index (κ2) is 13.8. The molecule has 0 unspecified atom stereocenters. The zero-order chi connectivity index (χ0) is 36.0. The lowest BCUT2D eigenvalue weighted by Gasteiger charge is -2.35. The van der Waals surface area contributed by atoms with E-state index in [-0.39, 0.29) is 30.3 Å². The molecule has 1 saturated heterocycles. The number of carbonyl (C=O) groups is 2. The van der Waals surface area contributed by atoms with Crippen LogP contribution in [0.2, 0.25) is 5.02 Å². The zero-order valence-corrected chi connectivity index (χ0v) is 31.0. The quantitative estimate of drug-likeness (QED) is 0.140. The van der Waals surface area contributed by atoms with Gasteiger partial charge in [-0.1, -0.05) is 80.9 Å². The summed E-state index contributed by atoms with van der Waals surface area (Å²) >= 11 is 7.83. The fourth-order valence-corrected chi connectivity index (χ4v) is 7.81. The van der Waals surface area contributed by atoms with E-state index in [1.165, 1.54) is 11.3 Å². The summed E-state index contributed by atoms with van der Waals surface area (Å²) < 4.78 is 12.0. The molecule has 2 N–H and O–H groups in total. The Bertz CT molecular complexity index is 2140. The first kappa shape index (κ1) is 34.8. The summed E-state index contributed by atoms with van der Waals surface area (Å²) in [5.74, 6) is 0.817. The average Bonchev–Trinajstić information content (AvgIpc) is 3.50. The lowest BCUT2D eigenvalue weighted by atomic mass is 9.85. The van der Waals surface area contributed by atoms with E-state index >= 15 is 0 Å². The highest BCUT2D eigenvalue weighted by molar-refractivity contribution is 7.14. The van der Waals surface area contributed by atoms with Crippen molar-refractivity contribution in [2.45, 2.75) is 64.8 Å². The number of hydrogen-bond acceptors (Lipinski definition) is 8. The lowest BCUT2D eigenvalue weighted by molar-refractivity contribution is -0.140. The molecule has 7 rings (SSSR count). The monoisotopic (exact) mass is 723 g/mol. The molecule has 5 atom stereocenters. The zero-order valence-electron chi connectivity index (χ0n) is 29.4. The summed E-state index contributed by atoms with van der Waals surface area (Å²) in [4.78, 5) is 39.7. The molecule has 3 heterocycles. The number of methoxy groups -OCH3 is 1. The van der Waals surface area contributed by atoms with Crippen molar-refractivity contribution >= 4 is 61.4 Å².